The molecule has 9 heavy (non-hydrogen) atoms. The number of rotatable bonds is 0. The topological polar surface area (TPSA) is 39.4 Å². The van der Waals surface area contributed by atoms with Gasteiger partial charge < -0.3 is 9.89 Å². The van der Waals surface area contributed by atoms with E-state index in [1.165, 1.54) is 0 Å². The first-order valence-corrected chi connectivity index (χ1v) is 2.22. The van der Waals surface area contributed by atoms with Gasteiger partial charge in [-0.2, -0.15) is 13.5 Å². The number of isocyanates is 1. The molecule has 4 heteroatoms. The summed E-state index contributed by atoms with van der Waals surface area (Å²) in [5.41, 5.74) is 0. The highest BCUT2D eigenvalue weighted by molar-refractivity contribution is 7.59. The highest BCUT2D eigenvalue weighted by atomic mass is 32.1. The monoisotopic (exact) mass is 150 g/mol. The van der Waals surface area contributed by atoms with Crippen molar-refractivity contribution in [1.29, 1.82) is 0 Å². The average Bonchev–Trinajstić information content (AvgIpc) is 1.27. The van der Waals surface area contributed by atoms with Crippen molar-refractivity contribution < 1.29 is 9.28 Å². The van der Waals surface area contributed by atoms with E-state index in [9.17, 15) is 0 Å². The van der Waals surface area contributed by atoms with E-state index in [2.05, 4.69) is 28.2 Å². The Morgan fingerprint density at radius 2 is 1.22 bits per heavy atom. The molecule has 0 bridgehead atoms. The van der Waals surface area contributed by atoms with Crippen molar-refractivity contribution in [2.75, 3.05) is 28.2 Å². The number of hydrogen-bond acceptors (Lipinski definition) is 1. The molecule has 0 aliphatic heterocycles. The molecule has 0 spiro atoms. The molecule has 0 amide bonds. The van der Waals surface area contributed by atoms with Crippen LogP contribution in [0.1, 0.15) is 0 Å². The van der Waals surface area contributed by atoms with E-state index in [0.29, 0.717) is 6.08 Å². The molecule has 0 atom stereocenters. The Bertz CT molecular complexity index is 75.4. The van der Waals surface area contributed by atoms with Crippen molar-refractivity contribution in [2.45, 2.75) is 0 Å². The van der Waals surface area contributed by atoms with E-state index in [4.69, 9.17) is 10.2 Å². The fourth-order valence-corrected chi connectivity index (χ4v) is 0. The molecule has 0 fully saturated rings. The summed E-state index contributed by atoms with van der Waals surface area (Å²) in [6.45, 7) is 0. The van der Waals surface area contributed by atoms with Crippen LogP contribution in [-0.2, 0) is 4.79 Å². The number of quaternary nitrogens is 1. The average molecular weight is 150 g/mol. The van der Waals surface area contributed by atoms with Crippen LogP contribution >= 0.6 is 13.5 Å². The predicted octanol–water partition coefficient (Wildman–Crippen LogP) is 0.327. The van der Waals surface area contributed by atoms with Crippen LogP contribution in [-0.4, -0.2) is 38.8 Å². The third-order valence-corrected chi connectivity index (χ3v) is 0. The van der Waals surface area contributed by atoms with Gasteiger partial charge in [0.25, 0.3) is 0 Å². The van der Waals surface area contributed by atoms with Crippen molar-refractivity contribution in [3.8, 4) is 0 Å². The fraction of sp³-hybridized carbons (Fsp3) is 0.800. The van der Waals surface area contributed by atoms with Crippen LogP contribution in [0.3, 0.4) is 0 Å². The molecule has 3 nitrogen and oxygen atoms in total. The Morgan fingerprint density at radius 3 is 1.22 bits per heavy atom. The fourth-order valence-electron chi connectivity index (χ4n) is 0. The highest BCUT2D eigenvalue weighted by Crippen LogP contribution is 1.73. The molecule has 0 heterocycles. The zero-order chi connectivity index (χ0) is 7.21. The molecule has 0 aliphatic carbocycles. The maximum Gasteiger partial charge on any atom is 0.0675 e. The third kappa shape index (κ3) is 2590. The van der Waals surface area contributed by atoms with E-state index in [0.717, 1.165) is 4.48 Å². The first kappa shape index (κ1) is 15.9. The zero-order valence-corrected chi connectivity index (χ0v) is 7.30. The molecule has 0 unspecified atom stereocenters. The number of nitrogens with zero attached hydrogens (tertiary/aromatic N) is 2. The maximum atomic E-state index is 8.24. The molecule has 0 aromatic rings. The zero-order valence-electron chi connectivity index (χ0n) is 6.30. The van der Waals surface area contributed by atoms with Crippen molar-refractivity contribution in [3.63, 3.8) is 0 Å². The summed E-state index contributed by atoms with van der Waals surface area (Å²) in [5.74, 6) is 0. The minimum atomic E-state index is 0. The molecule has 0 saturated heterocycles. The highest BCUT2D eigenvalue weighted by Gasteiger charge is 1.88. The molecular formula is C5H14N2OS. The second-order valence-corrected chi connectivity index (χ2v) is 2.77. The van der Waals surface area contributed by atoms with Gasteiger partial charge in [-0.05, 0) is 6.08 Å². The van der Waals surface area contributed by atoms with Crippen LogP contribution in [0.15, 0.2) is 0 Å². The van der Waals surface area contributed by atoms with E-state index >= 15 is 0 Å². The lowest BCUT2D eigenvalue weighted by Gasteiger charge is -2.14. The Morgan fingerprint density at radius 1 is 1.22 bits per heavy atom. The van der Waals surface area contributed by atoms with Gasteiger partial charge in [0.1, 0.15) is 0 Å². The minimum Gasteiger partial charge on any atom is -0.724 e. The standard InChI is InChI=1S/C4H12N.CNO.H2S/c1-5(2,3)4;2-1-3;/h1-4H3;;1H2/q+1;-1;. The van der Waals surface area contributed by atoms with Gasteiger partial charge in [-0.15, -0.1) is 0 Å². The second kappa shape index (κ2) is 7.69. The minimum absolute atomic E-state index is 0. The lowest BCUT2D eigenvalue weighted by Crippen LogP contribution is -2.27. The smallest absolute Gasteiger partial charge is 0.0675 e. The van der Waals surface area contributed by atoms with Gasteiger partial charge in [-0.25, -0.2) is 0 Å². The SMILES string of the molecule is C[N+](C)(C)C.S.[N-]=C=O. The van der Waals surface area contributed by atoms with E-state index in [1.807, 2.05) is 0 Å². The van der Waals surface area contributed by atoms with Crippen LogP contribution in [0.4, 0.5) is 0 Å². The van der Waals surface area contributed by atoms with Gasteiger partial charge in [0.05, 0.1) is 28.2 Å². The van der Waals surface area contributed by atoms with Crippen LogP contribution in [0.25, 0.3) is 5.41 Å². The summed E-state index contributed by atoms with van der Waals surface area (Å²) in [6, 6.07) is 0. The maximum absolute atomic E-state index is 8.24. The molecule has 0 aromatic heterocycles. The van der Waals surface area contributed by atoms with Gasteiger partial charge in [-0.3, -0.25) is 4.79 Å². The molecule has 56 valence electrons. The lowest BCUT2D eigenvalue weighted by molar-refractivity contribution is -0.849. The number of hydrogen-bond donors (Lipinski definition) is 0. The van der Waals surface area contributed by atoms with Crippen LogP contribution < -0.4 is 0 Å². The summed E-state index contributed by atoms with van der Waals surface area (Å²) in [7, 11) is 8.50. The summed E-state index contributed by atoms with van der Waals surface area (Å²) in [5, 5.41) is 6.76. The summed E-state index contributed by atoms with van der Waals surface area (Å²) in [4.78, 5) is 8.24. The van der Waals surface area contributed by atoms with E-state index in [1.54, 1.807) is 0 Å². The quantitative estimate of drug-likeness (QED) is 0.278. The summed E-state index contributed by atoms with van der Waals surface area (Å²) in [6.07, 6.45) is 0.500. The summed E-state index contributed by atoms with van der Waals surface area (Å²) < 4.78 is 1.00. The van der Waals surface area contributed by atoms with Crippen molar-refractivity contribution >= 4 is 19.6 Å². The van der Waals surface area contributed by atoms with Crippen LogP contribution in [0.5, 0.6) is 0 Å². The largest absolute Gasteiger partial charge is 0.724 e. The Hall–Kier alpha value is -0.310. The van der Waals surface area contributed by atoms with Gasteiger partial charge in [0, 0.05) is 0 Å². The molecule has 0 N–H and O–H groups in total. The normalized spacial score (nSPS) is 7.56. The molecule has 0 radical (unpaired) electrons. The first-order chi connectivity index (χ1) is 3.41. The van der Waals surface area contributed by atoms with E-state index in [-0.39, 0.29) is 13.5 Å². The lowest BCUT2D eigenvalue weighted by atomic mass is 10.8. The summed E-state index contributed by atoms with van der Waals surface area (Å²) >= 11 is 0. The number of carbonyl (C=O) groups excluding carboxylic acids is 1. The molecule has 0 aliphatic rings. The van der Waals surface area contributed by atoms with Crippen molar-refractivity contribution in [2.24, 2.45) is 0 Å². The van der Waals surface area contributed by atoms with Crippen LogP contribution in [0, 0.1) is 0 Å². The second-order valence-electron chi connectivity index (χ2n) is 2.77. The Labute approximate surface area is 63.2 Å². The Kier molecular flexibility index (Phi) is 13.6. The third-order valence-electron chi connectivity index (χ3n) is 0. The molecule has 0 rings (SSSR count). The van der Waals surface area contributed by atoms with Crippen LogP contribution in [0.2, 0.25) is 0 Å². The van der Waals surface area contributed by atoms with Gasteiger partial charge in [0.2, 0.25) is 0 Å². The van der Waals surface area contributed by atoms with Gasteiger partial charge in [-0.1, -0.05) is 0 Å². The first-order valence-electron chi connectivity index (χ1n) is 2.22. The molecular weight excluding hydrogens is 136 g/mol. The van der Waals surface area contributed by atoms with Gasteiger partial charge in [0.15, 0.2) is 0 Å². The molecule has 0 aromatic carbocycles. The van der Waals surface area contributed by atoms with Crippen molar-refractivity contribution in [1.82, 2.24) is 0 Å². The van der Waals surface area contributed by atoms with E-state index < -0.39 is 0 Å². The molecule has 0 saturated carbocycles. The Balaban J connectivity index is -0.0000000800. The van der Waals surface area contributed by atoms with Crippen molar-refractivity contribution in [3.05, 3.63) is 5.41 Å². The van der Waals surface area contributed by atoms with Gasteiger partial charge >= 0.3 is 0 Å². The predicted molar refractivity (Wildman–Crippen MR) is 43.4 cm³/mol.